The van der Waals surface area contributed by atoms with Gasteiger partial charge in [-0.1, -0.05) is 6.92 Å². The largest absolute Gasteiger partial charge is 0.351 e. The summed E-state index contributed by atoms with van der Waals surface area (Å²) in [4.78, 5) is 11.7. The van der Waals surface area contributed by atoms with Gasteiger partial charge in [0.05, 0.1) is 5.92 Å². The predicted octanol–water partition coefficient (Wildman–Crippen LogP) is 0.901. The van der Waals surface area contributed by atoms with E-state index in [0.29, 0.717) is 0 Å². The van der Waals surface area contributed by atoms with Gasteiger partial charge in [0.15, 0.2) is 0 Å². The van der Waals surface area contributed by atoms with Crippen molar-refractivity contribution in [1.82, 2.24) is 10.6 Å². The molecule has 1 rings (SSSR count). The Morgan fingerprint density at radius 2 is 2.31 bits per heavy atom. The molecule has 0 aromatic carbocycles. The third-order valence-electron chi connectivity index (χ3n) is 2.78. The highest BCUT2D eigenvalue weighted by molar-refractivity contribution is 5.79. The molecule has 0 aromatic rings. The maximum atomic E-state index is 11.7. The van der Waals surface area contributed by atoms with Crippen LogP contribution in [0.5, 0.6) is 0 Å². The van der Waals surface area contributed by atoms with Crippen LogP contribution in [0.1, 0.15) is 33.6 Å². The van der Waals surface area contributed by atoms with Gasteiger partial charge in [0.1, 0.15) is 0 Å². The molecule has 0 spiro atoms. The molecule has 1 atom stereocenters. The van der Waals surface area contributed by atoms with E-state index in [2.05, 4.69) is 31.4 Å². The smallest absolute Gasteiger partial charge is 0.224 e. The number of nitrogens with one attached hydrogen (secondary N) is 2. The van der Waals surface area contributed by atoms with Crippen LogP contribution in [-0.2, 0) is 4.79 Å². The van der Waals surface area contributed by atoms with Crippen molar-refractivity contribution in [3.63, 3.8) is 0 Å². The lowest BCUT2D eigenvalue weighted by atomic mass is 9.99. The summed E-state index contributed by atoms with van der Waals surface area (Å²) in [5, 5.41) is 6.27. The zero-order valence-electron chi connectivity index (χ0n) is 8.81. The topological polar surface area (TPSA) is 41.1 Å². The van der Waals surface area contributed by atoms with Crippen LogP contribution >= 0.6 is 0 Å². The maximum Gasteiger partial charge on any atom is 0.224 e. The molecule has 0 unspecified atom stereocenters. The van der Waals surface area contributed by atoms with Crippen LogP contribution < -0.4 is 10.6 Å². The minimum atomic E-state index is -0.0559. The van der Waals surface area contributed by atoms with Gasteiger partial charge in [-0.25, -0.2) is 0 Å². The highest BCUT2D eigenvalue weighted by Gasteiger charge is 2.26. The summed E-state index contributed by atoms with van der Waals surface area (Å²) in [7, 11) is 0. The molecule has 2 N–H and O–H groups in total. The van der Waals surface area contributed by atoms with E-state index in [4.69, 9.17) is 0 Å². The summed E-state index contributed by atoms with van der Waals surface area (Å²) in [6, 6.07) is 0. The third kappa shape index (κ3) is 2.99. The zero-order valence-corrected chi connectivity index (χ0v) is 8.81. The Hall–Kier alpha value is -0.570. The lowest BCUT2D eigenvalue weighted by Crippen LogP contribution is -2.46. The van der Waals surface area contributed by atoms with E-state index in [1.54, 1.807) is 0 Å². The van der Waals surface area contributed by atoms with Gasteiger partial charge in [0.25, 0.3) is 0 Å². The molecule has 76 valence electrons. The van der Waals surface area contributed by atoms with Crippen molar-refractivity contribution in [2.75, 3.05) is 13.1 Å². The van der Waals surface area contributed by atoms with E-state index in [-0.39, 0.29) is 17.4 Å². The highest BCUT2D eigenvalue weighted by Crippen LogP contribution is 2.12. The van der Waals surface area contributed by atoms with Crippen molar-refractivity contribution in [3.8, 4) is 0 Å². The molecule has 0 aromatic heterocycles. The Morgan fingerprint density at radius 1 is 1.62 bits per heavy atom. The first-order valence-electron chi connectivity index (χ1n) is 5.08. The van der Waals surface area contributed by atoms with E-state index < -0.39 is 0 Å². The van der Waals surface area contributed by atoms with Crippen LogP contribution in [0.4, 0.5) is 0 Å². The van der Waals surface area contributed by atoms with Crippen LogP contribution in [0.3, 0.4) is 0 Å². The van der Waals surface area contributed by atoms with E-state index in [0.717, 1.165) is 25.9 Å². The van der Waals surface area contributed by atoms with Gasteiger partial charge in [-0.2, -0.15) is 0 Å². The Morgan fingerprint density at radius 3 is 2.77 bits per heavy atom. The second kappa shape index (κ2) is 4.09. The van der Waals surface area contributed by atoms with E-state index in [9.17, 15) is 4.79 Å². The van der Waals surface area contributed by atoms with Crippen LogP contribution in [0.2, 0.25) is 0 Å². The summed E-state index contributed by atoms with van der Waals surface area (Å²) >= 11 is 0. The average molecular weight is 184 g/mol. The van der Waals surface area contributed by atoms with Gasteiger partial charge in [0.2, 0.25) is 5.91 Å². The van der Waals surface area contributed by atoms with E-state index in [1.165, 1.54) is 0 Å². The van der Waals surface area contributed by atoms with Gasteiger partial charge < -0.3 is 10.6 Å². The predicted molar refractivity (Wildman–Crippen MR) is 53.5 cm³/mol. The number of rotatable bonds is 3. The molecule has 13 heavy (non-hydrogen) atoms. The Labute approximate surface area is 80.3 Å². The number of amides is 1. The van der Waals surface area contributed by atoms with Gasteiger partial charge in [-0.3, -0.25) is 4.79 Å². The van der Waals surface area contributed by atoms with E-state index >= 15 is 0 Å². The zero-order chi connectivity index (χ0) is 9.90. The van der Waals surface area contributed by atoms with E-state index in [1.807, 2.05) is 0 Å². The summed E-state index contributed by atoms with van der Waals surface area (Å²) < 4.78 is 0. The monoisotopic (exact) mass is 184 g/mol. The van der Waals surface area contributed by atoms with Crippen LogP contribution in [0.25, 0.3) is 0 Å². The summed E-state index contributed by atoms with van der Waals surface area (Å²) in [5.41, 5.74) is -0.0559. The molecule has 0 saturated carbocycles. The van der Waals surface area contributed by atoms with Crippen molar-refractivity contribution in [1.29, 1.82) is 0 Å². The maximum absolute atomic E-state index is 11.7. The molecule has 1 fully saturated rings. The number of hydrogen-bond acceptors (Lipinski definition) is 2. The summed E-state index contributed by atoms with van der Waals surface area (Å²) in [6.07, 6.45) is 1.95. The van der Waals surface area contributed by atoms with Crippen molar-refractivity contribution in [2.45, 2.75) is 39.2 Å². The molecule has 0 bridgehead atoms. The minimum absolute atomic E-state index is 0.0559. The fourth-order valence-corrected chi connectivity index (χ4v) is 1.40. The fourth-order valence-electron chi connectivity index (χ4n) is 1.40. The first kappa shape index (κ1) is 10.5. The van der Waals surface area contributed by atoms with Crippen molar-refractivity contribution in [3.05, 3.63) is 0 Å². The molecule has 1 saturated heterocycles. The Bertz CT molecular complexity index is 183. The molecule has 3 heteroatoms. The molecular weight excluding hydrogens is 164 g/mol. The Kier molecular flexibility index (Phi) is 3.31. The fraction of sp³-hybridized carbons (Fsp3) is 0.900. The standard InChI is InChI=1S/C10H20N2O/c1-4-10(2,3)12-9(13)8-5-6-11-7-8/h8,11H,4-7H2,1-3H3,(H,12,13)/t8-/m0/s1. The van der Waals surface area contributed by atoms with Gasteiger partial charge in [0, 0.05) is 12.1 Å². The van der Waals surface area contributed by atoms with Crippen molar-refractivity contribution in [2.24, 2.45) is 5.92 Å². The number of hydrogen-bond donors (Lipinski definition) is 2. The second-order valence-electron chi connectivity index (χ2n) is 4.42. The molecule has 3 nitrogen and oxygen atoms in total. The molecule has 0 radical (unpaired) electrons. The lowest BCUT2D eigenvalue weighted by Gasteiger charge is -2.26. The number of carbonyl (C=O) groups is 1. The molecule has 1 aliphatic rings. The number of carbonyl (C=O) groups excluding carboxylic acids is 1. The van der Waals surface area contributed by atoms with Crippen LogP contribution in [0, 0.1) is 5.92 Å². The SMILES string of the molecule is CCC(C)(C)NC(=O)[C@H]1CCNC1. The lowest BCUT2D eigenvalue weighted by molar-refractivity contribution is -0.126. The van der Waals surface area contributed by atoms with Crippen molar-refractivity contribution >= 4 is 5.91 Å². The first-order chi connectivity index (χ1) is 6.05. The van der Waals surface area contributed by atoms with Gasteiger partial charge >= 0.3 is 0 Å². The minimum Gasteiger partial charge on any atom is -0.351 e. The summed E-state index contributed by atoms with van der Waals surface area (Å²) in [5.74, 6) is 0.391. The molecule has 0 aliphatic carbocycles. The second-order valence-corrected chi connectivity index (χ2v) is 4.42. The highest BCUT2D eigenvalue weighted by atomic mass is 16.2. The third-order valence-corrected chi connectivity index (χ3v) is 2.78. The van der Waals surface area contributed by atoms with Crippen LogP contribution in [-0.4, -0.2) is 24.5 Å². The molecule has 1 aliphatic heterocycles. The average Bonchev–Trinajstić information content (AvgIpc) is 2.55. The van der Waals surface area contributed by atoms with Crippen LogP contribution in [0.15, 0.2) is 0 Å². The van der Waals surface area contributed by atoms with Gasteiger partial charge in [-0.05, 0) is 33.2 Å². The summed E-state index contributed by atoms with van der Waals surface area (Å²) in [6.45, 7) is 8.03. The molecule has 1 amide bonds. The van der Waals surface area contributed by atoms with Gasteiger partial charge in [-0.15, -0.1) is 0 Å². The first-order valence-corrected chi connectivity index (χ1v) is 5.08. The molecular formula is C10H20N2O. The quantitative estimate of drug-likeness (QED) is 0.684. The molecule has 1 heterocycles. The Balaban J connectivity index is 2.40. The normalized spacial score (nSPS) is 23.2. The van der Waals surface area contributed by atoms with Crippen molar-refractivity contribution < 1.29 is 4.79 Å².